The molecular formula is C26H20I2N2O5. The smallest absolute Gasteiger partial charge is 0.266 e. The van der Waals surface area contributed by atoms with Crippen LogP contribution in [-0.2, 0) is 11.4 Å². The highest BCUT2D eigenvalue weighted by atomic mass is 127. The Morgan fingerprint density at radius 2 is 1.77 bits per heavy atom. The Labute approximate surface area is 230 Å². The van der Waals surface area contributed by atoms with E-state index in [4.69, 9.17) is 18.9 Å². The number of nitriles is 1. The summed E-state index contributed by atoms with van der Waals surface area (Å²) in [6.07, 6.45) is 1.57. The lowest BCUT2D eigenvalue weighted by Gasteiger charge is -2.12. The Morgan fingerprint density at radius 1 is 1.06 bits per heavy atom. The van der Waals surface area contributed by atoms with E-state index in [-0.39, 0.29) is 12.4 Å². The molecule has 178 valence electrons. The van der Waals surface area contributed by atoms with Crippen molar-refractivity contribution >= 4 is 62.9 Å². The minimum Gasteiger partial charge on any atom is -0.494 e. The molecule has 3 aromatic rings. The van der Waals surface area contributed by atoms with Gasteiger partial charge >= 0.3 is 0 Å². The first-order valence-electron chi connectivity index (χ1n) is 10.6. The summed E-state index contributed by atoms with van der Waals surface area (Å²) in [6.45, 7) is 3.06. The number of carbonyl (C=O) groups is 1. The van der Waals surface area contributed by atoms with Crippen molar-refractivity contribution in [1.82, 2.24) is 0 Å². The SMILES string of the molecule is CCOc1ccc(NC(=O)/C(C#N)=C\c2cc(I)c(OCc3ccc4c(c3)OCO4)c(I)c2)cc1. The Kier molecular flexibility index (Phi) is 8.35. The number of carbonyl (C=O) groups excluding carboxylic acids is 1. The average molecular weight is 694 g/mol. The van der Waals surface area contributed by atoms with Crippen LogP contribution in [0.1, 0.15) is 18.1 Å². The number of fused-ring (bicyclic) bond motifs is 1. The molecule has 1 N–H and O–H groups in total. The molecule has 0 saturated heterocycles. The summed E-state index contributed by atoms with van der Waals surface area (Å²) in [5.41, 5.74) is 2.27. The topological polar surface area (TPSA) is 89.8 Å². The second kappa shape index (κ2) is 11.6. The molecule has 0 aliphatic carbocycles. The number of nitrogens with one attached hydrogen (secondary N) is 1. The molecule has 1 amide bonds. The van der Waals surface area contributed by atoms with E-state index in [0.717, 1.165) is 29.8 Å². The number of ether oxygens (including phenoxy) is 4. The first kappa shape index (κ1) is 25.1. The van der Waals surface area contributed by atoms with Gasteiger partial charge in [0.2, 0.25) is 6.79 Å². The highest BCUT2D eigenvalue weighted by molar-refractivity contribution is 14.1. The zero-order chi connectivity index (χ0) is 24.8. The van der Waals surface area contributed by atoms with Crippen molar-refractivity contribution in [3.8, 4) is 29.1 Å². The molecule has 1 heterocycles. The molecule has 3 aromatic carbocycles. The molecule has 1 aliphatic heterocycles. The fourth-order valence-corrected chi connectivity index (χ4v) is 5.43. The lowest BCUT2D eigenvalue weighted by molar-refractivity contribution is -0.112. The van der Waals surface area contributed by atoms with Crippen LogP contribution < -0.4 is 24.3 Å². The van der Waals surface area contributed by atoms with Gasteiger partial charge in [0.15, 0.2) is 11.5 Å². The van der Waals surface area contributed by atoms with Gasteiger partial charge in [0.05, 0.1) is 13.7 Å². The Hall–Kier alpha value is -2.98. The van der Waals surface area contributed by atoms with Gasteiger partial charge in [-0.3, -0.25) is 4.79 Å². The summed E-state index contributed by atoms with van der Waals surface area (Å²) in [6, 6.07) is 18.4. The third kappa shape index (κ3) is 6.37. The lowest BCUT2D eigenvalue weighted by Crippen LogP contribution is -2.13. The maximum absolute atomic E-state index is 12.7. The zero-order valence-electron chi connectivity index (χ0n) is 18.6. The quantitative estimate of drug-likeness (QED) is 0.173. The van der Waals surface area contributed by atoms with Crippen LogP contribution in [0.25, 0.3) is 6.08 Å². The number of rotatable bonds is 8. The van der Waals surface area contributed by atoms with Gasteiger partial charge in [0, 0.05) is 5.69 Å². The van der Waals surface area contributed by atoms with Gasteiger partial charge in [0.25, 0.3) is 5.91 Å². The van der Waals surface area contributed by atoms with E-state index in [1.165, 1.54) is 0 Å². The van der Waals surface area contributed by atoms with E-state index in [9.17, 15) is 10.1 Å². The Bertz CT molecular complexity index is 1290. The van der Waals surface area contributed by atoms with Gasteiger partial charge in [-0.05, 0) is 118 Å². The third-order valence-corrected chi connectivity index (χ3v) is 6.54. The molecule has 0 spiro atoms. The van der Waals surface area contributed by atoms with Crippen LogP contribution >= 0.6 is 45.2 Å². The van der Waals surface area contributed by atoms with Crippen LogP contribution in [0.15, 0.2) is 60.2 Å². The van der Waals surface area contributed by atoms with E-state index in [0.29, 0.717) is 30.4 Å². The number of hydrogen-bond acceptors (Lipinski definition) is 6. The molecule has 4 rings (SSSR count). The maximum atomic E-state index is 12.7. The van der Waals surface area contributed by atoms with Crippen molar-refractivity contribution < 1.29 is 23.7 Å². The molecule has 0 fully saturated rings. The van der Waals surface area contributed by atoms with Gasteiger partial charge in [-0.25, -0.2) is 0 Å². The van der Waals surface area contributed by atoms with E-state index in [1.807, 2.05) is 43.3 Å². The summed E-state index contributed by atoms with van der Waals surface area (Å²) >= 11 is 4.38. The van der Waals surface area contributed by atoms with E-state index >= 15 is 0 Å². The zero-order valence-corrected chi connectivity index (χ0v) is 23.0. The van der Waals surface area contributed by atoms with Gasteiger partial charge in [-0.15, -0.1) is 0 Å². The molecule has 0 saturated carbocycles. The molecule has 0 aromatic heterocycles. The van der Waals surface area contributed by atoms with E-state index in [2.05, 4.69) is 50.5 Å². The summed E-state index contributed by atoms with van der Waals surface area (Å²) in [5, 5.41) is 12.3. The minimum atomic E-state index is -0.482. The average Bonchev–Trinajstić information content (AvgIpc) is 3.31. The van der Waals surface area contributed by atoms with Crippen LogP contribution in [0.4, 0.5) is 5.69 Å². The number of benzene rings is 3. The van der Waals surface area contributed by atoms with Crippen molar-refractivity contribution in [2.24, 2.45) is 0 Å². The normalized spacial score (nSPS) is 12.1. The van der Waals surface area contributed by atoms with Gasteiger partial charge in [0.1, 0.15) is 29.7 Å². The van der Waals surface area contributed by atoms with Crippen LogP contribution in [0.5, 0.6) is 23.0 Å². The van der Waals surface area contributed by atoms with Crippen molar-refractivity contribution in [2.45, 2.75) is 13.5 Å². The van der Waals surface area contributed by atoms with Crippen LogP contribution in [0.3, 0.4) is 0 Å². The summed E-state index contributed by atoms with van der Waals surface area (Å²) in [7, 11) is 0. The Balaban J connectivity index is 1.45. The molecular weight excluding hydrogens is 674 g/mol. The summed E-state index contributed by atoms with van der Waals surface area (Å²) in [5.74, 6) is 2.41. The largest absolute Gasteiger partial charge is 0.494 e. The van der Waals surface area contributed by atoms with Crippen LogP contribution in [0.2, 0.25) is 0 Å². The predicted molar refractivity (Wildman–Crippen MR) is 149 cm³/mol. The second-order valence-electron chi connectivity index (χ2n) is 7.37. The monoisotopic (exact) mass is 694 g/mol. The molecule has 7 nitrogen and oxygen atoms in total. The van der Waals surface area contributed by atoms with E-state index < -0.39 is 5.91 Å². The molecule has 35 heavy (non-hydrogen) atoms. The lowest BCUT2D eigenvalue weighted by atomic mass is 10.1. The predicted octanol–water partition coefficient (Wildman–Crippen LogP) is 6.15. The third-order valence-electron chi connectivity index (χ3n) is 4.94. The number of anilines is 1. The summed E-state index contributed by atoms with van der Waals surface area (Å²) < 4.78 is 24.0. The molecule has 0 atom stereocenters. The first-order chi connectivity index (χ1) is 17.0. The molecule has 9 heteroatoms. The van der Waals surface area contributed by atoms with Crippen molar-refractivity contribution in [3.63, 3.8) is 0 Å². The van der Waals surface area contributed by atoms with Gasteiger partial charge in [-0.2, -0.15) is 5.26 Å². The fraction of sp³-hybridized carbons (Fsp3) is 0.154. The van der Waals surface area contributed by atoms with Gasteiger partial charge < -0.3 is 24.3 Å². The minimum absolute atomic E-state index is 0.000451. The highest BCUT2D eigenvalue weighted by Crippen LogP contribution is 2.34. The van der Waals surface area contributed by atoms with Gasteiger partial charge in [-0.1, -0.05) is 6.07 Å². The highest BCUT2D eigenvalue weighted by Gasteiger charge is 2.15. The summed E-state index contributed by atoms with van der Waals surface area (Å²) in [4.78, 5) is 12.7. The number of hydrogen-bond donors (Lipinski definition) is 1. The second-order valence-corrected chi connectivity index (χ2v) is 9.70. The number of nitrogens with zero attached hydrogens (tertiary/aromatic N) is 1. The first-order valence-corrected chi connectivity index (χ1v) is 12.8. The van der Waals surface area contributed by atoms with E-state index in [1.54, 1.807) is 30.3 Å². The van der Waals surface area contributed by atoms with Crippen molar-refractivity contribution in [1.29, 1.82) is 5.26 Å². The number of halogens is 2. The van der Waals surface area contributed by atoms with Crippen molar-refractivity contribution in [3.05, 3.63) is 78.4 Å². The number of amides is 1. The molecule has 0 unspecified atom stereocenters. The Morgan fingerprint density at radius 3 is 2.46 bits per heavy atom. The standard InChI is InChI=1S/C26H20I2N2O5/c1-2-32-20-6-4-19(5-7-20)30-26(31)18(13-29)9-17-10-21(27)25(22(28)11-17)33-14-16-3-8-23-24(12-16)35-15-34-23/h3-12H,2,14-15H2,1H3,(H,30,31)/b18-9-. The molecule has 0 radical (unpaired) electrons. The van der Waals surface area contributed by atoms with Crippen LogP contribution in [-0.4, -0.2) is 19.3 Å². The molecule has 1 aliphatic rings. The fourth-order valence-electron chi connectivity index (χ4n) is 3.30. The van der Waals surface area contributed by atoms with Crippen LogP contribution in [0, 0.1) is 18.5 Å². The maximum Gasteiger partial charge on any atom is 0.266 e. The molecule has 0 bridgehead atoms. The van der Waals surface area contributed by atoms with Crippen molar-refractivity contribution in [2.75, 3.05) is 18.7 Å².